The minimum Gasteiger partial charge on any atom is -0.341 e. The topological polar surface area (TPSA) is 66.5 Å². The predicted molar refractivity (Wildman–Crippen MR) is 69.9 cm³/mol. The van der Waals surface area contributed by atoms with Gasteiger partial charge in [0.1, 0.15) is 0 Å². The molecule has 1 aliphatic carbocycles. The van der Waals surface area contributed by atoms with Crippen molar-refractivity contribution in [3.63, 3.8) is 0 Å². The van der Waals surface area contributed by atoms with Gasteiger partial charge in [0.25, 0.3) is 0 Å². The summed E-state index contributed by atoms with van der Waals surface area (Å²) in [5.41, 5.74) is 0. The summed E-state index contributed by atoms with van der Waals surface area (Å²) in [6.07, 6.45) is -3.05. The van der Waals surface area contributed by atoms with Gasteiger partial charge in [-0.05, 0) is 24.7 Å². The SMILES string of the molecule is CS(=O)(=O)NC1CN(C(=O)CCC(F)(F)F)CC1C1CC1. The Hall–Kier alpha value is -0.830. The Morgan fingerprint density at radius 3 is 2.38 bits per heavy atom. The molecule has 0 bridgehead atoms. The molecule has 0 spiro atoms. The zero-order valence-electron chi connectivity index (χ0n) is 11.7. The fourth-order valence-electron chi connectivity index (χ4n) is 2.84. The molecule has 122 valence electrons. The van der Waals surface area contributed by atoms with Crippen molar-refractivity contribution in [1.29, 1.82) is 0 Å². The third-order valence-corrected chi connectivity index (χ3v) is 4.66. The number of rotatable bonds is 5. The van der Waals surface area contributed by atoms with Gasteiger partial charge in [0.2, 0.25) is 15.9 Å². The van der Waals surface area contributed by atoms with Crippen LogP contribution < -0.4 is 4.72 Å². The molecule has 0 aromatic rings. The number of carbonyl (C=O) groups excluding carboxylic acids is 1. The predicted octanol–water partition coefficient (Wildman–Crippen LogP) is 1.12. The Balaban J connectivity index is 1.95. The van der Waals surface area contributed by atoms with Crippen molar-refractivity contribution in [2.24, 2.45) is 11.8 Å². The summed E-state index contributed by atoms with van der Waals surface area (Å²) in [4.78, 5) is 13.2. The van der Waals surface area contributed by atoms with Crippen molar-refractivity contribution >= 4 is 15.9 Å². The molecule has 1 amide bonds. The minimum absolute atomic E-state index is 0.00885. The molecule has 0 aromatic heterocycles. The standard InChI is InChI=1S/C12H19F3N2O3S/c1-21(19,20)16-10-7-17(6-9(10)8-2-3-8)11(18)4-5-12(13,14)15/h8-10,16H,2-7H2,1H3. The molecule has 1 saturated heterocycles. The van der Waals surface area contributed by atoms with Gasteiger partial charge in [-0.1, -0.05) is 0 Å². The Bertz CT molecular complexity index is 502. The van der Waals surface area contributed by atoms with E-state index in [1.165, 1.54) is 4.90 Å². The molecule has 1 heterocycles. The maximum atomic E-state index is 12.2. The summed E-state index contributed by atoms with van der Waals surface area (Å²) >= 11 is 0. The number of hydrogen-bond acceptors (Lipinski definition) is 3. The lowest BCUT2D eigenvalue weighted by Gasteiger charge is -2.17. The van der Waals surface area contributed by atoms with Gasteiger partial charge >= 0.3 is 6.18 Å². The van der Waals surface area contributed by atoms with Gasteiger partial charge in [0.05, 0.1) is 12.7 Å². The van der Waals surface area contributed by atoms with Gasteiger partial charge in [-0.3, -0.25) is 4.79 Å². The summed E-state index contributed by atoms with van der Waals surface area (Å²) in [6, 6.07) is -0.387. The first-order chi connectivity index (χ1) is 9.55. The molecule has 2 unspecified atom stereocenters. The van der Waals surface area contributed by atoms with Crippen LogP contribution in [0.15, 0.2) is 0 Å². The molecule has 2 rings (SSSR count). The fraction of sp³-hybridized carbons (Fsp3) is 0.917. The second-order valence-electron chi connectivity index (χ2n) is 5.91. The molecule has 1 aliphatic heterocycles. The van der Waals surface area contributed by atoms with Gasteiger partial charge in [0, 0.05) is 25.6 Å². The molecule has 2 atom stereocenters. The first kappa shape index (κ1) is 16.5. The van der Waals surface area contributed by atoms with Crippen molar-refractivity contribution in [3.05, 3.63) is 0 Å². The monoisotopic (exact) mass is 328 g/mol. The lowest BCUT2D eigenvalue weighted by Crippen LogP contribution is -2.41. The van der Waals surface area contributed by atoms with Gasteiger partial charge in [-0.15, -0.1) is 0 Å². The molecule has 5 nitrogen and oxygen atoms in total. The first-order valence-electron chi connectivity index (χ1n) is 6.87. The van der Waals surface area contributed by atoms with Crippen molar-refractivity contribution in [3.8, 4) is 0 Å². The van der Waals surface area contributed by atoms with Crippen LogP contribution in [0.1, 0.15) is 25.7 Å². The molecule has 1 saturated carbocycles. The highest BCUT2D eigenvalue weighted by Crippen LogP contribution is 2.41. The normalized spacial score (nSPS) is 27.1. The number of sulfonamides is 1. The smallest absolute Gasteiger partial charge is 0.341 e. The highest BCUT2D eigenvalue weighted by molar-refractivity contribution is 7.88. The number of carbonyl (C=O) groups is 1. The molecular weight excluding hydrogens is 309 g/mol. The molecule has 9 heteroatoms. The molecule has 21 heavy (non-hydrogen) atoms. The third-order valence-electron chi connectivity index (χ3n) is 3.93. The van der Waals surface area contributed by atoms with Crippen LogP contribution in [0, 0.1) is 11.8 Å². The fourth-order valence-corrected chi connectivity index (χ4v) is 3.64. The number of nitrogens with zero attached hydrogens (tertiary/aromatic N) is 1. The van der Waals surface area contributed by atoms with E-state index >= 15 is 0 Å². The van der Waals surface area contributed by atoms with Gasteiger partial charge in [-0.2, -0.15) is 13.2 Å². The van der Waals surface area contributed by atoms with Crippen molar-refractivity contribution in [1.82, 2.24) is 9.62 Å². The van der Waals surface area contributed by atoms with E-state index in [2.05, 4.69) is 4.72 Å². The van der Waals surface area contributed by atoms with Crippen LogP contribution in [0.5, 0.6) is 0 Å². The van der Waals surface area contributed by atoms with E-state index in [0.717, 1.165) is 19.1 Å². The maximum absolute atomic E-state index is 12.2. The van der Waals surface area contributed by atoms with Gasteiger partial charge in [0.15, 0.2) is 0 Å². The molecule has 0 aromatic carbocycles. The van der Waals surface area contributed by atoms with E-state index < -0.39 is 34.9 Å². The van der Waals surface area contributed by atoms with Crippen LogP contribution in [0.2, 0.25) is 0 Å². The van der Waals surface area contributed by atoms with Crippen molar-refractivity contribution in [2.75, 3.05) is 19.3 Å². The van der Waals surface area contributed by atoms with E-state index in [0.29, 0.717) is 12.5 Å². The van der Waals surface area contributed by atoms with Crippen LogP contribution in [0.25, 0.3) is 0 Å². The van der Waals surface area contributed by atoms with Crippen LogP contribution in [0.4, 0.5) is 13.2 Å². The number of alkyl halides is 3. The quantitative estimate of drug-likeness (QED) is 0.822. The van der Waals surface area contributed by atoms with Crippen LogP contribution >= 0.6 is 0 Å². The Morgan fingerprint density at radius 2 is 1.90 bits per heavy atom. The molecule has 2 fully saturated rings. The summed E-state index contributed by atoms with van der Waals surface area (Å²) in [5, 5.41) is 0. The minimum atomic E-state index is -4.35. The number of amides is 1. The highest BCUT2D eigenvalue weighted by Gasteiger charge is 2.44. The van der Waals surface area contributed by atoms with Crippen LogP contribution in [-0.2, 0) is 14.8 Å². The molecule has 0 radical (unpaired) electrons. The largest absolute Gasteiger partial charge is 0.389 e. The Labute approximate surface area is 121 Å². The molecule has 1 N–H and O–H groups in total. The summed E-state index contributed by atoms with van der Waals surface area (Å²) < 4.78 is 61.7. The zero-order valence-corrected chi connectivity index (χ0v) is 12.5. The van der Waals surface area contributed by atoms with Crippen molar-refractivity contribution in [2.45, 2.75) is 37.9 Å². The second-order valence-corrected chi connectivity index (χ2v) is 7.69. The average Bonchev–Trinajstić information content (AvgIpc) is 3.06. The molecular formula is C12H19F3N2O3S. The summed E-state index contributed by atoms with van der Waals surface area (Å²) in [7, 11) is -3.40. The third kappa shape index (κ3) is 5.14. The van der Waals surface area contributed by atoms with Crippen LogP contribution in [0.3, 0.4) is 0 Å². The summed E-state index contributed by atoms with van der Waals surface area (Å²) in [5.74, 6) is -0.185. The number of likely N-dealkylation sites (tertiary alicyclic amines) is 1. The Morgan fingerprint density at radius 1 is 1.29 bits per heavy atom. The highest BCUT2D eigenvalue weighted by atomic mass is 32.2. The van der Waals surface area contributed by atoms with Gasteiger partial charge < -0.3 is 4.90 Å². The van der Waals surface area contributed by atoms with E-state index in [1.54, 1.807) is 0 Å². The second kappa shape index (κ2) is 5.75. The van der Waals surface area contributed by atoms with E-state index in [4.69, 9.17) is 0 Å². The molecule has 2 aliphatic rings. The van der Waals surface area contributed by atoms with E-state index in [-0.39, 0.29) is 18.5 Å². The zero-order chi connectivity index (χ0) is 15.8. The van der Waals surface area contributed by atoms with Crippen LogP contribution in [-0.4, -0.2) is 50.8 Å². The number of nitrogens with one attached hydrogen (secondary N) is 1. The van der Waals surface area contributed by atoms with E-state index in [9.17, 15) is 26.4 Å². The first-order valence-corrected chi connectivity index (χ1v) is 8.76. The lowest BCUT2D eigenvalue weighted by atomic mass is 9.99. The maximum Gasteiger partial charge on any atom is 0.389 e. The summed E-state index contributed by atoms with van der Waals surface area (Å²) in [6.45, 7) is 0.499. The van der Waals surface area contributed by atoms with Crippen molar-refractivity contribution < 1.29 is 26.4 Å². The van der Waals surface area contributed by atoms with Gasteiger partial charge in [-0.25, -0.2) is 13.1 Å². The Kier molecular flexibility index (Phi) is 4.53. The average molecular weight is 328 g/mol. The number of halogens is 3. The lowest BCUT2D eigenvalue weighted by molar-refractivity contribution is -0.148. The van der Waals surface area contributed by atoms with E-state index in [1.807, 2.05) is 0 Å². The number of hydrogen-bond donors (Lipinski definition) is 1.